The SMILES string of the molecule is CC1CCOC1C(=O)N1CCCN(CC(=O)O)CC1. The second-order valence-corrected chi connectivity index (χ2v) is 5.41. The van der Waals surface area contributed by atoms with Gasteiger partial charge in [-0.2, -0.15) is 0 Å². The van der Waals surface area contributed by atoms with Crippen molar-refractivity contribution in [2.75, 3.05) is 39.3 Å². The summed E-state index contributed by atoms with van der Waals surface area (Å²) in [6, 6.07) is 0. The molecule has 0 aromatic heterocycles. The molecule has 19 heavy (non-hydrogen) atoms. The molecule has 2 heterocycles. The van der Waals surface area contributed by atoms with E-state index in [9.17, 15) is 9.59 Å². The second kappa shape index (κ2) is 6.34. The fourth-order valence-electron chi connectivity index (χ4n) is 2.73. The topological polar surface area (TPSA) is 70.1 Å². The molecule has 6 nitrogen and oxygen atoms in total. The number of aliphatic carboxylic acids is 1. The number of carbonyl (C=O) groups is 2. The van der Waals surface area contributed by atoms with E-state index < -0.39 is 5.97 Å². The fourth-order valence-corrected chi connectivity index (χ4v) is 2.73. The van der Waals surface area contributed by atoms with Crippen LogP contribution in [0, 0.1) is 5.92 Å². The number of carboxylic acid groups (broad SMARTS) is 1. The number of carboxylic acids is 1. The zero-order chi connectivity index (χ0) is 13.8. The summed E-state index contributed by atoms with van der Waals surface area (Å²) in [4.78, 5) is 26.8. The van der Waals surface area contributed by atoms with E-state index in [0.717, 1.165) is 19.4 Å². The lowest BCUT2D eigenvalue weighted by molar-refractivity contribution is -0.142. The third-order valence-corrected chi connectivity index (χ3v) is 3.89. The average Bonchev–Trinajstić information content (AvgIpc) is 2.64. The monoisotopic (exact) mass is 270 g/mol. The molecule has 2 rings (SSSR count). The van der Waals surface area contributed by atoms with Gasteiger partial charge in [-0.3, -0.25) is 14.5 Å². The molecule has 1 N–H and O–H groups in total. The summed E-state index contributed by atoms with van der Waals surface area (Å²) in [5.74, 6) is -0.458. The van der Waals surface area contributed by atoms with Crippen LogP contribution in [0.15, 0.2) is 0 Å². The molecule has 0 spiro atoms. The lowest BCUT2D eigenvalue weighted by Crippen LogP contribution is -2.43. The van der Waals surface area contributed by atoms with E-state index in [1.807, 2.05) is 16.7 Å². The van der Waals surface area contributed by atoms with Crippen LogP contribution in [-0.2, 0) is 14.3 Å². The first-order valence-electron chi connectivity index (χ1n) is 6.92. The van der Waals surface area contributed by atoms with Crippen molar-refractivity contribution in [1.29, 1.82) is 0 Å². The number of amides is 1. The molecule has 2 fully saturated rings. The number of ether oxygens (including phenoxy) is 1. The first kappa shape index (κ1) is 14.3. The Morgan fingerprint density at radius 1 is 1.26 bits per heavy atom. The normalized spacial score (nSPS) is 29.2. The molecule has 0 aromatic carbocycles. The minimum absolute atomic E-state index is 0.0539. The zero-order valence-electron chi connectivity index (χ0n) is 11.4. The van der Waals surface area contributed by atoms with E-state index >= 15 is 0 Å². The van der Waals surface area contributed by atoms with Crippen molar-refractivity contribution in [1.82, 2.24) is 9.80 Å². The lowest BCUT2D eigenvalue weighted by atomic mass is 10.0. The molecule has 0 saturated carbocycles. The first-order valence-corrected chi connectivity index (χ1v) is 6.92. The highest BCUT2D eigenvalue weighted by Gasteiger charge is 2.34. The maximum absolute atomic E-state index is 12.4. The Morgan fingerprint density at radius 3 is 2.68 bits per heavy atom. The van der Waals surface area contributed by atoms with Gasteiger partial charge < -0.3 is 14.7 Å². The summed E-state index contributed by atoms with van der Waals surface area (Å²) >= 11 is 0. The van der Waals surface area contributed by atoms with Crippen molar-refractivity contribution in [2.24, 2.45) is 5.92 Å². The summed E-state index contributed by atoms with van der Waals surface area (Å²) < 4.78 is 5.51. The molecule has 2 atom stereocenters. The third kappa shape index (κ3) is 3.67. The van der Waals surface area contributed by atoms with Crippen LogP contribution in [0.25, 0.3) is 0 Å². The molecule has 0 aliphatic carbocycles. The van der Waals surface area contributed by atoms with Crippen LogP contribution >= 0.6 is 0 Å². The van der Waals surface area contributed by atoms with Crippen molar-refractivity contribution < 1.29 is 19.4 Å². The van der Waals surface area contributed by atoms with Gasteiger partial charge in [0.25, 0.3) is 5.91 Å². The van der Waals surface area contributed by atoms with Crippen molar-refractivity contribution in [2.45, 2.75) is 25.9 Å². The Hall–Kier alpha value is -1.14. The minimum atomic E-state index is -0.812. The standard InChI is InChI=1S/C13H22N2O4/c1-10-3-8-19-12(10)13(18)15-5-2-4-14(6-7-15)9-11(16)17/h10,12H,2-9H2,1H3,(H,16,17). The molecule has 0 radical (unpaired) electrons. The van der Waals surface area contributed by atoms with Gasteiger partial charge in [0.2, 0.25) is 0 Å². The molecule has 108 valence electrons. The van der Waals surface area contributed by atoms with E-state index in [1.165, 1.54) is 0 Å². The van der Waals surface area contributed by atoms with Gasteiger partial charge in [-0.1, -0.05) is 6.92 Å². The lowest BCUT2D eigenvalue weighted by Gasteiger charge is -2.25. The van der Waals surface area contributed by atoms with Gasteiger partial charge in [0.15, 0.2) is 0 Å². The van der Waals surface area contributed by atoms with Gasteiger partial charge in [0.05, 0.1) is 6.54 Å². The maximum atomic E-state index is 12.4. The number of hydrogen-bond acceptors (Lipinski definition) is 4. The Morgan fingerprint density at radius 2 is 2.05 bits per heavy atom. The largest absolute Gasteiger partial charge is 0.480 e. The second-order valence-electron chi connectivity index (χ2n) is 5.41. The highest BCUT2D eigenvalue weighted by Crippen LogP contribution is 2.22. The Kier molecular flexibility index (Phi) is 4.76. The van der Waals surface area contributed by atoms with Crippen LogP contribution < -0.4 is 0 Å². The molecule has 2 aliphatic rings. The molecule has 2 saturated heterocycles. The van der Waals surface area contributed by atoms with Gasteiger partial charge >= 0.3 is 5.97 Å². The van der Waals surface area contributed by atoms with E-state index in [2.05, 4.69) is 0 Å². The molecule has 1 amide bonds. The highest BCUT2D eigenvalue weighted by molar-refractivity contribution is 5.81. The Bertz CT molecular complexity index is 348. The van der Waals surface area contributed by atoms with Gasteiger partial charge in [0.1, 0.15) is 6.10 Å². The predicted molar refractivity (Wildman–Crippen MR) is 68.8 cm³/mol. The molecule has 6 heteroatoms. The Balaban J connectivity index is 1.88. The quantitative estimate of drug-likeness (QED) is 0.783. The fraction of sp³-hybridized carbons (Fsp3) is 0.846. The van der Waals surface area contributed by atoms with Crippen molar-refractivity contribution in [3.05, 3.63) is 0 Å². The van der Waals surface area contributed by atoms with E-state index in [1.54, 1.807) is 0 Å². The van der Waals surface area contributed by atoms with Crippen LogP contribution in [0.5, 0.6) is 0 Å². The van der Waals surface area contributed by atoms with Crippen LogP contribution in [0.3, 0.4) is 0 Å². The van der Waals surface area contributed by atoms with Gasteiger partial charge in [-0.25, -0.2) is 0 Å². The number of hydrogen-bond donors (Lipinski definition) is 1. The number of nitrogens with zero attached hydrogens (tertiary/aromatic N) is 2. The molecule has 2 unspecified atom stereocenters. The number of carbonyl (C=O) groups excluding carboxylic acids is 1. The molecule has 0 bridgehead atoms. The summed E-state index contributed by atoms with van der Waals surface area (Å²) in [5, 5.41) is 8.80. The minimum Gasteiger partial charge on any atom is -0.480 e. The Labute approximate surface area is 113 Å². The van der Waals surface area contributed by atoms with E-state index in [-0.39, 0.29) is 24.5 Å². The van der Waals surface area contributed by atoms with Crippen LogP contribution in [-0.4, -0.2) is 72.2 Å². The molecular formula is C13H22N2O4. The van der Waals surface area contributed by atoms with Crippen LogP contribution in [0.4, 0.5) is 0 Å². The first-order chi connectivity index (χ1) is 9.08. The van der Waals surface area contributed by atoms with Gasteiger partial charge in [-0.05, 0) is 18.8 Å². The van der Waals surface area contributed by atoms with Crippen LogP contribution in [0.2, 0.25) is 0 Å². The van der Waals surface area contributed by atoms with Crippen molar-refractivity contribution in [3.63, 3.8) is 0 Å². The van der Waals surface area contributed by atoms with Crippen molar-refractivity contribution >= 4 is 11.9 Å². The highest BCUT2D eigenvalue weighted by atomic mass is 16.5. The van der Waals surface area contributed by atoms with Crippen molar-refractivity contribution in [3.8, 4) is 0 Å². The van der Waals surface area contributed by atoms with E-state index in [0.29, 0.717) is 26.2 Å². The maximum Gasteiger partial charge on any atom is 0.317 e. The summed E-state index contributed by atoms with van der Waals surface area (Å²) in [6.45, 7) is 5.41. The summed E-state index contributed by atoms with van der Waals surface area (Å²) in [7, 11) is 0. The summed E-state index contributed by atoms with van der Waals surface area (Å²) in [5.41, 5.74) is 0. The van der Waals surface area contributed by atoms with Gasteiger partial charge in [-0.15, -0.1) is 0 Å². The van der Waals surface area contributed by atoms with Crippen LogP contribution in [0.1, 0.15) is 19.8 Å². The summed E-state index contributed by atoms with van der Waals surface area (Å²) in [6.07, 6.45) is 1.46. The molecule has 0 aromatic rings. The molecule has 2 aliphatic heterocycles. The third-order valence-electron chi connectivity index (χ3n) is 3.89. The molecular weight excluding hydrogens is 248 g/mol. The predicted octanol–water partition coefficient (Wildman–Crippen LogP) is 0.0303. The smallest absolute Gasteiger partial charge is 0.317 e. The van der Waals surface area contributed by atoms with E-state index in [4.69, 9.17) is 9.84 Å². The van der Waals surface area contributed by atoms with Gasteiger partial charge in [0, 0.05) is 32.8 Å². The zero-order valence-corrected chi connectivity index (χ0v) is 11.4. The number of rotatable bonds is 3. The average molecular weight is 270 g/mol.